The molecule has 3 aromatic rings. The van der Waals surface area contributed by atoms with E-state index in [4.69, 9.17) is 16.3 Å². The van der Waals surface area contributed by atoms with E-state index in [-0.39, 0.29) is 36.0 Å². The van der Waals surface area contributed by atoms with Gasteiger partial charge in [0.25, 0.3) is 0 Å². The predicted octanol–water partition coefficient (Wildman–Crippen LogP) is 2.93. The molecule has 2 aliphatic heterocycles. The molecule has 3 aliphatic rings. The van der Waals surface area contributed by atoms with Gasteiger partial charge in [0.05, 0.1) is 25.8 Å². The molecule has 3 unspecified atom stereocenters. The number of nitrogens with zero attached hydrogens (tertiary/aromatic N) is 5. The second-order valence-electron chi connectivity index (χ2n) is 10.1. The number of aliphatic carboxylic acids is 2. The molecule has 36 heavy (non-hydrogen) atoms. The van der Waals surface area contributed by atoms with Gasteiger partial charge in [-0.2, -0.15) is 9.97 Å². The second-order valence-corrected chi connectivity index (χ2v) is 10.4. The van der Waals surface area contributed by atoms with Gasteiger partial charge < -0.3 is 19.8 Å². The van der Waals surface area contributed by atoms with Gasteiger partial charge in [-0.3, -0.25) is 14.2 Å². The molecule has 1 aromatic carbocycles. The number of rotatable bonds is 6. The maximum absolute atomic E-state index is 14.3. The van der Waals surface area contributed by atoms with Crippen LogP contribution in [0.3, 0.4) is 0 Å². The number of halogens is 2. The summed E-state index contributed by atoms with van der Waals surface area (Å²) in [6.07, 6.45) is 1.78. The van der Waals surface area contributed by atoms with Crippen molar-refractivity contribution in [2.45, 2.75) is 31.9 Å². The van der Waals surface area contributed by atoms with Crippen molar-refractivity contribution >= 4 is 40.5 Å². The molecular formula is C24H23ClFN5O5. The number of ether oxygens (including phenoxy) is 1. The van der Waals surface area contributed by atoms with E-state index in [1.54, 1.807) is 10.6 Å². The number of carbonyl (C=O) groups is 2. The third-order valence-electron chi connectivity index (χ3n) is 7.64. The lowest BCUT2D eigenvalue weighted by atomic mass is 9.77. The summed E-state index contributed by atoms with van der Waals surface area (Å²) in [6, 6.07) is 5.22. The van der Waals surface area contributed by atoms with Crippen molar-refractivity contribution in [3.63, 3.8) is 0 Å². The molecule has 4 heterocycles. The van der Waals surface area contributed by atoms with Crippen molar-refractivity contribution in [1.82, 2.24) is 19.5 Å². The number of fused-ring (bicyclic) bond motifs is 2. The number of aromatic nitrogens is 4. The molecule has 188 valence electrons. The average Bonchev–Trinajstić information content (AvgIpc) is 3.48. The van der Waals surface area contributed by atoms with Crippen molar-refractivity contribution in [3.05, 3.63) is 46.8 Å². The number of anilines is 1. The molecule has 0 amide bonds. The van der Waals surface area contributed by atoms with Crippen LogP contribution in [0.25, 0.3) is 11.2 Å². The highest BCUT2D eigenvalue weighted by Gasteiger charge is 2.49. The van der Waals surface area contributed by atoms with Gasteiger partial charge in [-0.05, 0) is 41.6 Å². The highest BCUT2D eigenvalue weighted by Crippen LogP contribution is 2.47. The van der Waals surface area contributed by atoms with E-state index in [9.17, 15) is 24.2 Å². The Morgan fingerprint density at radius 3 is 2.67 bits per heavy atom. The molecule has 10 nitrogen and oxygen atoms in total. The van der Waals surface area contributed by atoms with Gasteiger partial charge >= 0.3 is 11.9 Å². The second kappa shape index (κ2) is 8.38. The Bertz CT molecular complexity index is 1390. The lowest BCUT2D eigenvalue weighted by Gasteiger charge is -2.49. The molecule has 2 fully saturated rings. The van der Waals surface area contributed by atoms with Gasteiger partial charge in [0.2, 0.25) is 5.28 Å². The summed E-state index contributed by atoms with van der Waals surface area (Å²) < 4.78 is 21.8. The molecular weight excluding hydrogens is 493 g/mol. The maximum atomic E-state index is 14.3. The molecule has 1 aliphatic carbocycles. The van der Waals surface area contributed by atoms with Crippen LogP contribution < -0.4 is 4.90 Å². The lowest BCUT2D eigenvalue weighted by Crippen LogP contribution is -2.57. The Labute approximate surface area is 209 Å². The number of benzene rings is 1. The Hall–Kier alpha value is -3.31. The zero-order valence-corrected chi connectivity index (χ0v) is 19.9. The normalized spacial score (nSPS) is 24.3. The van der Waals surface area contributed by atoms with Crippen molar-refractivity contribution in [2.24, 2.45) is 17.3 Å². The molecule has 3 atom stereocenters. The first-order chi connectivity index (χ1) is 17.2. The monoisotopic (exact) mass is 515 g/mol. The van der Waals surface area contributed by atoms with Gasteiger partial charge in [0.15, 0.2) is 17.0 Å². The number of carboxylic acid groups (broad SMARTS) is 2. The van der Waals surface area contributed by atoms with Crippen LogP contribution in [0, 0.1) is 23.1 Å². The topological polar surface area (TPSA) is 131 Å². The summed E-state index contributed by atoms with van der Waals surface area (Å²) in [4.78, 5) is 38.2. The van der Waals surface area contributed by atoms with E-state index in [2.05, 4.69) is 19.9 Å². The third kappa shape index (κ3) is 3.77. The number of carboxylic acids is 2. The van der Waals surface area contributed by atoms with Crippen LogP contribution in [0.15, 0.2) is 24.5 Å². The van der Waals surface area contributed by atoms with Crippen molar-refractivity contribution in [1.29, 1.82) is 0 Å². The SMILES string of the molecule is O=C(O)CC1COC(n2cnc3c(N4CC5(Cc6cccc(F)c6C5)C4)nc(Cl)nc32)C1CC(=O)O. The first-order valence-corrected chi connectivity index (χ1v) is 12.1. The van der Waals surface area contributed by atoms with Crippen LogP contribution in [-0.2, 0) is 27.2 Å². The average molecular weight is 516 g/mol. The molecule has 0 saturated carbocycles. The molecule has 2 aromatic heterocycles. The zero-order valence-electron chi connectivity index (χ0n) is 19.1. The van der Waals surface area contributed by atoms with Crippen LogP contribution in [0.1, 0.15) is 30.2 Å². The smallest absolute Gasteiger partial charge is 0.303 e. The van der Waals surface area contributed by atoms with Gasteiger partial charge in [-0.1, -0.05) is 12.1 Å². The fourth-order valence-corrected chi connectivity index (χ4v) is 6.28. The molecule has 6 rings (SSSR count). The summed E-state index contributed by atoms with van der Waals surface area (Å²) in [5.74, 6) is -2.69. The van der Waals surface area contributed by atoms with Crippen LogP contribution in [0.2, 0.25) is 5.28 Å². The van der Waals surface area contributed by atoms with Gasteiger partial charge in [0, 0.05) is 30.3 Å². The largest absolute Gasteiger partial charge is 0.481 e. The Morgan fingerprint density at radius 1 is 1.17 bits per heavy atom. The molecule has 2 saturated heterocycles. The minimum Gasteiger partial charge on any atom is -0.481 e. The van der Waals surface area contributed by atoms with Crippen LogP contribution in [0.5, 0.6) is 0 Å². The number of hydrogen-bond donors (Lipinski definition) is 2. The minimum atomic E-state index is -1.04. The zero-order chi connectivity index (χ0) is 25.2. The fourth-order valence-electron chi connectivity index (χ4n) is 6.12. The van der Waals surface area contributed by atoms with Crippen LogP contribution in [-0.4, -0.2) is 61.4 Å². The van der Waals surface area contributed by atoms with Gasteiger partial charge in [-0.25, -0.2) is 9.37 Å². The molecule has 0 radical (unpaired) electrons. The van der Waals surface area contributed by atoms with Crippen molar-refractivity contribution in [2.75, 3.05) is 24.6 Å². The van der Waals surface area contributed by atoms with Gasteiger partial charge in [0.1, 0.15) is 12.0 Å². The Kier molecular flexibility index (Phi) is 5.38. The fraction of sp³-hybridized carbons (Fsp3) is 0.458. The maximum Gasteiger partial charge on any atom is 0.303 e. The van der Waals surface area contributed by atoms with E-state index in [1.165, 1.54) is 12.4 Å². The number of imidazole rings is 1. The summed E-state index contributed by atoms with van der Waals surface area (Å²) in [6.45, 7) is 1.45. The molecule has 1 spiro atoms. The first-order valence-electron chi connectivity index (χ1n) is 11.7. The highest BCUT2D eigenvalue weighted by molar-refractivity contribution is 6.28. The molecule has 12 heteroatoms. The predicted molar refractivity (Wildman–Crippen MR) is 125 cm³/mol. The van der Waals surface area contributed by atoms with Crippen molar-refractivity contribution < 1.29 is 28.9 Å². The molecule has 0 bridgehead atoms. The van der Waals surface area contributed by atoms with Crippen LogP contribution >= 0.6 is 11.6 Å². The summed E-state index contributed by atoms with van der Waals surface area (Å²) in [5, 5.41) is 18.7. The van der Waals surface area contributed by atoms with E-state index >= 15 is 0 Å². The molecule has 2 N–H and O–H groups in total. The third-order valence-corrected chi connectivity index (χ3v) is 7.80. The standard InChI is InChI=1S/C24H23ClFN5O5/c25-23-28-20(30-9-24(10-30)6-12-2-1-3-16(26)15(12)7-24)19-21(29-23)31(11-27-19)22-14(5-18(34)35)13(8-36-22)4-17(32)33/h1-3,11,13-14,22H,4-10H2,(H,32,33)(H,34,35). The minimum absolute atomic E-state index is 0.0100. The summed E-state index contributed by atoms with van der Waals surface area (Å²) in [7, 11) is 0. The highest BCUT2D eigenvalue weighted by atomic mass is 35.5. The van der Waals surface area contributed by atoms with Crippen molar-refractivity contribution in [3.8, 4) is 0 Å². The quantitative estimate of drug-likeness (QED) is 0.476. The first kappa shape index (κ1) is 23.1. The van der Waals surface area contributed by atoms with E-state index in [1.807, 2.05) is 6.07 Å². The Morgan fingerprint density at radius 2 is 1.94 bits per heavy atom. The van der Waals surface area contributed by atoms with E-state index in [0.717, 1.165) is 17.5 Å². The van der Waals surface area contributed by atoms with E-state index < -0.39 is 30.0 Å². The Balaban J connectivity index is 1.29. The summed E-state index contributed by atoms with van der Waals surface area (Å²) in [5.41, 5.74) is 2.65. The van der Waals surface area contributed by atoms with Crippen LogP contribution in [0.4, 0.5) is 10.2 Å². The van der Waals surface area contributed by atoms with Gasteiger partial charge in [-0.15, -0.1) is 0 Å². The lowest BCUT2D eigenvalue weighted by molar-refractivity contribution is -0.141. The summed E-state index contributed by atoms with van der Waals surface area (Å²) >= 11 is 6.30. The number of hydrogen-bond acceptors (Lipinski definition) is 7. The van der Waals surface area contributed by atoms with E-state index in [0.29, 0.717) is 36.5 Å².